The number of carbonyl (C=O) groups excluding carboxylic acids is 2. The maximum absolute atomic E-state index is 13.0. The maximum atomic E-state index is 13.0. The lowest BCUT2D eigenvalue weighted by atomic mass is 9.78. The third-order valence-electron chi connectivity index (χ3n) is 6.08. The van der Waals surface area contributed by atoms with Crippen molar-refractivity contribution in [1.29, 1.82) is 0 Å². The van der Waals surface area contributed by atoms with Crippen LogP contribution < -0.4 is 0 Å². The molecule has 3 heterocycles. The van der Waals surface area contributed by atoms with E-state index in [0.29, 0.717) is 18.9 Å². The first kappa shape index (κ1) is 16.6. The molecule has 2 saturated heterocycles. The highest BCUT2D eigenvalue weighted by atomic mass is 16.2. The Morgan fingerprint density at radius 3 is 2.76 bits per heavy atom. The van der Waals surface area contributed by atoms with Gasteiger partial charge in [-0.05, 0) is 62.1 Å². The number of pyridine rings is 1. The van der Waals surface area contributed by atoms with E-state index in [4.69, 9.17) is 0 Å². The molecule has 0 radical (unpaired) electrons. The van der Waals surface area contributed by atoms with Crippen LogP contribution in [0.2, 0.25) is 0 Å². The molecular weight excluding hydrogens is 314 g/mol. The SMILES string of the molecule is O=C(CCc1ccncc1)N1CCC2(CCCN(CC3CC3)C2=O)C1. The molecule has 0 aromatic carbocycles. The molecule has 2 amide bonds. The number of rotatable bonds is 5. The van der Waals surface area contributed by atoms with Crippen LogP contribution in [0, 0.1) is 11.3 Å². The van der Waals surface area contributed by atoms with Gasteiger partial charge in [-0.2, -0.15) is 0 Å². The van der Waals surface area contributed by atoms with Crippen LogP contribution in [-0.2, 0) is 16.0 Å². The molecule has 4 rings (SSSR count). The molecule has 2 aliphatic heterocycles. The Labute approximate surface area is 149 Å². The minimum atomic E-state index is -0.292. The quantitative estimate of drug-likeness (QED) is 0.825. The molecule has 1 aliphatic carbocycles. The van der Waals surface area contributed by atoms with Crippen LogP contribution in [0.3, 0.4) is 0 Å². The summed E-state index contributed by atoms with van der Waals surface area (Å²) in [5, 5.41) is 0. The van der Waals surface area contributed by atoms with Crippen LogP contribution in [0.1, 0.15) is 44.1 Å². The van der Waals surface area contributed by atoms with Crippen molar-refractivity contribution in [3.63, 3.8) is 0 Å². The van der Waals surface area contributed by atoms with Crippen molar-refractivity contribution in [3.05, 3.63) is 30.1 Å². The van der Waals surface area contributed by atoms with E-state index in [1.165, 1.54) is 12.8 Å². The summed E-state index contributed by atoms with van der Waals surface area (Å²) in [5.41, 5.74) is 0.848. The summed E-state index contributed by atoms with van der Waals surface area (Å²) in [5.74, 6) is 1.23. The summed E-state index contributed by atoms with van der Waals surface area (Å²) in [7, 11) is 0. The Bertz CT molecular complexity index is 644. The molecule has 5 nitrogen and oxygen atoms in total. The Morgan fingerprint density at radius 2 is 2.00 bits per heavy atom. The van der Waals surface area contributed by atoms with Gasteiger partial charge in [0.2, 0.25) is 11.8 Å². The first-order chi connectivity index (χ1) is 12.2. The van der Waals surface area contributed by atoms with Crippen LogP contribution >= 0.6 is 0 Å². The number of aryl methyl sites for hydroxylation is 1. The van der Waals surface area contributed by atoms with Crippen LogP contribution in [0.5, 0.6) is 0 Å². The summed E-state index contributed by atoms with van der Waals surface area (Å²) in [6.07, 6.45) is 10.2. The number of hydrogen-bond donors (Lipinski definition) is 0. The fourth-order valence-electron chi connectivity index (χ4n) is 4.36. The molecule has 5 heteroatoms. The molecule has 0 bridgehead atoms. The molecule has 1 aromatic heterocycles. The Kier molecular flexibility index (Phi) is 4.48. The molecule has 1 atom stereocenters. The lowest BCUT2D eigenvalue weighted by Crippen LogP contribution is -2.50. The Balaban J connectivity index is 1.34. The average molecular weight is 341 g/mol. The van der Waals surface area contributed by atoms with Crippen molar-refractivity contribution >= 4 is 11.8 Å². The van der Waals surface area contributed by atoms with Gasteiger partial charge in [-0.15, -0.1) is 0 Å². The molecule has 25 heavy (non-hydrogen) atoms. The van der Waals surface area contributed by atoms with Crippen LogP contribution in [-0.4, -0.2) is 52.8 Å². The molecule has 1 saturated carbocycles. The first-order valence-electron chi connectivity index (χ1n) is 9.62. The van der Waals surface area contributed by atoms with Crippen molar-refractivity contribution in [2.24, 2.45) is 11.3 Å². The number of amides is 2. The van der Waals surface area contributed by atoms with Gasteiger partial charge in [-0.3, -0.25) is 14.6 Å². The topological polar surface area (TPSA) is 53.5 Å². The zero-order valence-electron chi connectivity index (χ0n) is 14.8. The number of piperidine rings is 1. The highest BCUT2D eigenvalue weighted by molar-refractivity contribution is 5.86. The van der Waals surface area contributed by atoms with Crippen LogP contribution in [0.15, 0.2) is 24.5 Å². The summed E-state index contributed by atoms with van der Waals surface area (Å²) in [6.45, 7) is 3.21. The fourth-order valence-corrected chi connectivity index (χ4v) is 4.36. The fraction of sp³-hybridized carbons (Fsp3) is 0.650. The Morgan fingerprint density at radius 1 is 1.20 bits per heavy atom. The van der Waals surface area contributed by atoms with E-state index in [1.54, 1.807) is 12.4 Å². The minimum absolute atomic E-state index is 0.181. The molecule has 1 unspecified atom stereocenters. The van der Waals surface area contributed by atoms with Crippen LogP contribution in [0.25, 0.3) is 0 Å². The predicted octanol–water partition coefficient (Wildman–Crippen LogP) is 2.27. The van der Waals surface area contributed by atoms with Crippen molar-refractivity contribution in [2.75, 3.05) is 26.2 Å². The number of nitrogens with zero attached hydrogens (tertiary/aromatic N) is 3. The summed E-state index contributed by atoms with van der Waals surface area (Å²) < 4.78 is 0. The van der Waals surface area contributed by atoms with Gasteiger partial charge in [-0.25, -0.2) is 0 Å². The molecule has 1 spiro atoms. The van der Waals surface area contributed by atoms with Gasteiger partial charge in [0.25, 0.3) is 0 Å². The summed E-state index contributed by atoms with van der Waals surface area (Å²) in [4.78, 5) is 33.7. The molecule has 3 aliphatic rings. The van der Waals surface area contributed by atoms with Gasteiger partial charge in [0.15, 0.2) is 0 Å². The average Bonchev–Trinajstić information content (AvgIpc) is 3.35. The van der Waals surface area contributed by atoms with E-state index in [0.717, 1.165) is 56.8 Å². The highest BCUT2D eigenvalue weighted by Gasteiger charge is 2.49. The standard InChI is InChI=1S/C20H27N3O2/c24-18(5-4-16-6-10-21-11-7-16)23-13-9-20(15-23)8-1-12-22(19(20)25)14-17-2-3-17/h6-7,10-11,17H,1-5,8-9,12-15H2. The summed E-state index contributed by atoms with van der Waals surface area (Å²) >= 11 is 0. The van der Waals surface area contributed by atoms with Crippen molar-refractivity contribution < 1.29 is 9.59 Å². The van der Waals surface area contributed by atoms with Gasteiger partial charge in [-0.1, -0.05) is 0 Å². The van der Waals surface area contributed by atoms with E-state index in [-0.39, 0.29) is 11.3 Å². The van der Waals surface area contributed by atoms with Crippen molar-refractivity contribution in [1.82, 2.24) is 14.8 Å². The number of aromatic nitrogens is 1. The maximum Gasteiger partial charge on any atom is 0.230 e. The number of hydrogen-bond acceptors (Lipinski definition) is 3. The molecule has 1 aromatic rings. The minimum Gasteiger partial charge on any atom is -0.342 e. The second-order valence-electron chi connectivity index (χ2n) is 8.00. The normalized spacial score (nSPS) is 26.5. The highest BCUT2D eigenvalue weighted by Crippen LogP contribution is 2.41. The summed E-state index contributed by atoms with van der Waals surface area (Å²) in [6, 6.07) is 3.92. The zero-order chi connectivity index (χ0) is 17.3. The second kappa shape index (κ2) is 6.77. The van der Waals surface area contributed by atoms with Crippen molar-refractivity contribution in [2.45, 2.75) is 44.9 Å². The molecular formula is C20H27N3O2. The van der Waals surface area contributed by atoms with E-state index in [2.05, 4.69) is 9.88 Å². The van der Waals surface area contributed by atoms with Crippen molar-refractivity contribution in [3.8, 4) is 0 Å². The zero-order valence-corrected chi connectivity index (χ0v) is 14.8. The van der Waals surface area contributed by atoms with Gasteiger partial charge in [0.05, 0.1) is 5.41 Å². The molecule has 3 fully saturated rings. The van der Waals surface area contributed by atoms with E-state index in [9.17, 15) is 9.59 Å². The van der Waals surface area contributed by atoms with E-state index < -0.39 is 0 Å². The monoisotopic (exact) mass is 341 g/mol. The number of carbonyl (C=O) groups is 2. The second-order valence-corrected chi connectivity index (χ2v) is 8.00. The predicted molar refractivity (Wildman–Crippen MR) is 94.7 cm³/mol. The van der Waals surface area contributed by atoms with Crippen LogP contribution in [0.4, 0.5) is 0 Å². The molecule has 0 N–H and O–H groups in total. The number of likely N-dealkylation sites (tertiary alicyclic amines) is 2. The smallest absolute Gasteiger partial charge is 0.230 e. The van der Waals surface area contributed by atoms with Gasteiger partial charge >= 0.3 is 0 Å². The van der Waals surface area contributed by atoms with Gasteiger partial charge in [0.1, 0.15) is 0 Å². The third kappa shape index (κ3) is 3.55. The third-order valence-corrected chi connectivity index (χ3v) is 6.08. The van der Waals surface area contributed by atoms with E-state index in [1.807, 2.05) is 17.0 Å². The first-order valence-corrected chi connectivity index (χ1v) is 9.62. The van der Waals surface area contributed by atoms with Gasteiger partial charge < -0.3 is 9.80 Å². The lowest BCUT2D eigenvalue weighted by molar-refractivity contribution is -0.146. The van der Waals surface area contributed by atoms with E-state index >= 15 is 0 Å². The molecule has 134 valence electrons. The largest absolute Gasteiger partial charge is 0.342 e. The van der Waals surface area contributed by atoms with Gasteiger partial charge in [0, 0.05) is 45.0 Å². The Hall–Kier alpha value is -1.91. The lowest BCUT2D eigenvalue weighted by Gasteiger charge is -2.39.